The SMILES string of the molecule is CC(C)OC(=O)C(C)NP(=S)(OC[C@H]1O[C@@H](n2cc(F)c(=O)[nH]c2=O)[C@@](F)(Cl)[C@@H]1O)Oc1ccccc1. The summed E-state index contributed by atoms with van der Waals surface area (Å²) in [5, 5.41) is 10.1. The van der Waals surface area contributed by atoms with Crippen molar-refractivity contribution in [1.29, 1.82) is 0 Å². The van der Waals surface area contributed by atoms with Gasteiger partial charge in [-0.05, 0) is 44.7 Å². The maximum atomic E-state index is 15.3. The quantitative estimate of drug-likeness (QED) is 0.216. The molecule has 0 aliphatic carbocycles. The van der Waals surface area contributed by atoms with E-state index in [0.29, 0.717) is 16.5 Å². The normalized spacial score (nSPS) is 26.0. The van der Waals surface area contributed by atoms with Crippen LogP contribution in [0.3, 0.4) is 0 Å². The first-order valence-electron chi connectivity index (χ1n) is 10.9. The molecule has 0 saturated carbocycles. The Morgan fingerprint density at radius 3 is 2.62 bits per heavy atom. The Hall–Kier alpha value is -2.19. The first-order valence-corrected chi connectivity index (χ1v) is 13.9. The molecule has 2 unspecified atom stereocenters. The van der Waals surface area contributed by atoms with E-state index in [4.69, 9.17) is 41.9 Å². The molecule has 1 aromatic heterocycles. The molecule has 0 bridgehead atoms. The third-order valence-corrected chi connectivity index (χ3v) is 7.90. The molecule has 1 aliphatic heterocycles. The number of esters is 1. The molecule has 2 aromatic rings. The molecule has 3 rings (SSSR count). The number of hydrogen-bond acceptors (Lipinski definition) is 9. The number of aromatic nitrogens is 2. The van der Waals surface area contributed by atoms with Gasteiger partial charge in [0.15, 0.2) is 6.23 Å². The predicted octanol–water partition coefficient (Wildman–Crippen LogP) is 2.09. The third kappa shape index (κ3) is 7.02. The zero-order valence-corrected chi connectivity index (χ0v) is 22.3. The lowest BCUT2D eigenvalue weighted by molar-refractivity contribution is -0.149. The van der Waals surface area contributed by atoms with Gasteiger partial charge in [-0.25, -0.2) is 14.3 Å². The van der Waals surface area contributed by atoms with Crippen LogP contribution < -0.4 is 20.9 Å². The maximum absolute atomic E-state index is 15.3. The van der Waals surface area contributed by atoms with Gasteiger partial charge in [-0.1, -0.05) is 29.8 Å². The van der Waals surface area contributed by atoms with Gasteiger partial charge in [0.2, 0.25) is 5.82 Å². The number of carbonyl (C=O) groups excluding carboxylic acids is 1. The molecule has 0 radical (unpaired) electrons. The van der Waals surface area contributed by atoms with Gasteiger partial charge < -0.3 is 23.6 Å². The highest BCUT2D eigenvalue weighted by Crippen LogP contribution is 2.48. The Morgan fingerprint density at radius 2 is 2.00 bits per heavy atom. The van der Waals surface area contributed by atoms with Crippen LogP contribution in [-0.4, -0.2) is 56.7 Å². The zero-order valence-electron chi connectivity index (χ0n) is 19.8. The molecule has 0 amide bonds. The number of alkyl halides is 2. The standard InChI is InChI=1S/C21H25ClF2N3O8PS/c1-11(2)33-18(30)12(3)26-36(37,35-13-7-5-4-6-8-13)32-10-15-16(28)21(22,24)19(34-15)27-9-14(23)17(29)25-20(27)31/h4-9,11-12,15-16,19,28H,10H2,1-3H3,(H,26,37)(H,25,29,31)/t12?,15-,16-,19-,21-,36?/m1/s1. The summed E-state index contributed by atoms with van der Waals surface area (Å²) in [5.74, 6) is -1.74. The first kappa shape index (κ1) is 29.4. The number of nitrogens with zero attached hydrogens (tertiary/aromatic N) is 1. The number of hydrogen-bond donors (Lipinski definition) is 3. The average Bonchev–Trinajstić information content (AvgIpc) is 3.03. The number of aromatic amines is 1. The van der Waals surface area contributed by atoms with Gasteiger partial charge in [0.1, 0.15) is 24.0 Å². The molecule has 0 spiro atoms. The summed E-state index contributed by atoms with van der Waals surface area (Å²) in [4.78, 5) is 37.4. The van der Waals surface area contributed by atoms with Gasteiger partial charge in [-0.2, -0.15) is 4.39 Å². The number of nitrogens with one attached hydrogen (secondary N) is 2. The van der Waals surface area contributed by atoms with Gasteiger partial charge in [-0.3, -0.25) is 19.1 Å². The Labute approximate surface area is 219 Å². The highest BCUT2D eigenvalue weighted by atomic mass is 35.5. The Morgan fingerprint density at radius 1 is 1.35 bits per heavy atom. The molecule has 16 heteroatoms. The monoisotopic (exact) mass is 583 g/mol. The average molecular weight is 584 g/mol. The minimum absolute atomic E-state index is 0.293. The van der Waals surface area contributed by atoms with E-state index in [0.717, 1.165) is 0 Å². The van der Waals surface area contributed by atoms with E-state index in [9.17, 15) is 23.9 Å². The van der Waals surface area contributed by atoms with Gasteiger partial charge in [0, 0.05) is 0 Å². The molecule has 204 valence electrons. The van der Waals surface area contributed by atoms with Crippen molar-refractivity contribution in [2.24, 2.45) is 0 Å². The summed E-state index contributed by atoms with van der Waals surface area (Å²) in [5.41, 5.74) is -2.54. The summed E-state index contributed by atoms with van der Waals surface area (Å²) in [7, 11) is 0. The van der Waals surface area contributed by atoms with E-state index in [1.807, 2.05) is 0 Å². The second-order valence-electron chi connectivity index (χ2n) is 8.32. The topological polar surface area (TPSA) is 141 Å². The summed E-state index contributed by atoms with van der Waals surface area (Å²) in [6, 6.07) is 7.28. The highest BCUT2D eigenvalue weighted by molar-refractivity contribution is 8.09. The molecular formula is C21H25ClF2N3O8PS. The van der Waals surface area contributed by atoms with Crippen LogP contribution in [0.2, 0.25) is 0 Å². The summed E-state index contributed by atoms with van der Waals surface area (Å²) in [6.45, 7) is 0.619. The number of aliphatic hydroxyl groups is 1. The van der Waals surface area contributed by atoms with Crippen LogP contribution in [0.4, 0.5) is 8.78 Å². The van der Waals surface area contributed by atoms with Gasteiger partial charge >= 0.3 is 18.3 Å². The fourth-order valence-corrected chi connectivity index (χ4v) is 5.96. The minimum Gasteiger partial charge on any atom is -0.462 e. The third-order valence-electron chi connectivity index (χ3n) is 4.99. The smallest absolute Gasteiger partial charge is 0.330 e. The Bertz CT molecular complexity index is 1280. The fourth-order valence-electron chi connectivity index (χ4n) is 3.25. The summed E-state index contributed by atoms with van der Waals surface area (Å²) in [6.07, 6.45) is -5.62. The van der Waals surface area contributed by atoms with Crippen molar-refractivity contribution in [3.63, 3.8) is 0 Å². The van der Waals surface area contributed by atoms with Crippen molar-refractivity contribution in [3.8, 4) is 5.75 Å². The van der Waals surface area contributed by atoms with E-state index >= 15 is 4.39 Å². The summed E-state index contributed by atoms with van der Waals surface area (Å²) >= 11 is 11.4. The maximum Gasteiger partial charge on any atom is 0.330 e. The number of halogens is 3. The van der Waals surface area contributed by atoms with E-state index < -0.39 is 72.0 Å². The number of carbonyl (C=O) groups is 1. The molecular weight excluding hydrogens is 559 g/mol. The number of benzene rings is 1. The molecule has 1 fully saturated rings. The molecule has 3 N–H and O–H groups in total. The Balaban J connectivity index is 1.82. The van der Waals surface area contributed by atoms with Crippen molar-refractivity contribution in [2.75, 3.05) is 6.61 Å². The lowest BCUT2D eigenvalue weighted by Gasteiger charge is -2.28. The van der Waals surface area contributed by atoms with Crippen LogP contribution in [0.15, 0.2) is 46.1 Å². The largest absolute Gasteiger partial charge is 0.462 e. The van der Waals surface area contributed by atoms with Crippen molar-refractivity contribution in [1.82, 2.24) is 14.6 Å². The second-order valence-corrected chi connectivity index (χ2v) is 12.0. The fraction of sp³-hybridized carbons (Fsp3) is 0.476. The van der Waals surface area contributed by atoms with Crippen molar-refractivity contribution >= 4 is 36.0 Å². The number of rotatable bonds is 10. The van der Waals surface area contributed by atoms with Crippen molar-refractivity contribution in [3.05, 3.63) is 63.2 Å². The van der Waals surface area contributed by atoms with Gasteiger partial charge in [0.25, 0.3) is 10.7 Å². The van der Waals surface area contributed by atoms with E-state index in [1.165, 1.54) is 6.92 Å². The van der Waals surface area contributed by atoms with Crippen LogP contribution in [0, 0.1) is 5.82 Å². The summed E-state index contributed by atoms with van der Waals surface area (Å²) < 4.78 is 51.5. The van der Waals surface area contributed by atoms with Crippen LogP contribution in [0.1, 0.15) is 27.0 Å². The number of para-hydroxylation sites is 1. The van der Waals surface area contributed by atoms with Gasteiger partial charge in [-0.15, -0.1) is 0 Å². The van der Waals surface area contributed by atoms with E-state index in [1.54, 1.807) is 49.2 Å². The molecule has 1 saturated heterocycles. The van der Waals surface area contributed by atoms with Crippen molar-refractivity contribution in [2.45, 2.75) is 56.5 Å². The van der Waals surface area contributed by atoms with E-state index in [-0.39, 0.29) is 0 Å². The zero-order chi connectivity index (χ0) is 27.5. The van der Waals surface area contributed by atoms with Crippen LogP contribution in [-0.2, 0) is 30.6 Å². The van der Waals surface area contributed by atoms with Gasteiger partial charge in [0.05, 0.1) is 18.9 Å². The molecule has 6 atom stereocenters. The lowest BCUT2D eigenvalue weighted by atomic mass is 10.1. The lowest BCUT2D eigenvalue weighted by Crippen LogP contribution is -2.42. The number of aliphatic hydroxyl groups excluding tert-OH is 1. The Kier molecular flexibility index (Phi) is 9.27. The highest BCUT2D eigenvalue weighted by Gasteiger charge is 2.58. The van der Waals surface area contributed by atoms with Crippen LogP contribution >= 0.6 is 18.2 Å². The molecule has 1 aliphatic rings. The van der Waals surface area contributed by atoms with E-state index in [2.05, 4.69) is 5.09 Å². The number of H-pyrrole nitrogens is 1. The van der Waals surface area contributed by atoms with Crippen LogP contribution in [0.25, 0.3) is 0 Å². The van der Waals surface area contributed by atoms with Crippen molar-refractivity contribution < 1.29 is 37.2 Å². The molecule has 11 nitrogen and oxygen atoms in total. The minimum atomic E-state index is -3.58. The predicted molar refractivity (Wildman–Crippen MR) is 132 cm³/mol. The molecule has 37 heavy (non-hydrogen) atoms. The van der Waals surface area contributed by atoms with Crippen LogP contribution in [0.5, 0.6) is 5.75 Å². The second kappa shape index (κ2) is 11.7. The number of ether oxygens (including phenoxy) is 2. The molecule has 2 heterocycles. The first-order chi connectivity index (χ1) is 17.2. The molecule has 1 aromatic carbocycles.